The molecule has 2 heterocycles. The van der Waals surface area contributed by atoms with Gasteiger partial charge in [0, 0.05) is 6.07 Å². The van der Waals surface area contributed by atoms with Gasteiger partial charge in [0.1, 0.15) is 5.58 Å². The Balaban J connectivity index is 0.000000183. The SMILES string of the molecule is COC(=O)c1cccc(S(N)(=O)=O)c1.Nc1cc2ccc1o2. The van der Waals surface area contributed by atoms with E-state index in [4.69, 9.17) is 15.3 Å². The van der Waals surface area contributed by atoms with Crippen molar-refractivity contribution in [3.63, 3.8) is 0 Å². The fourth-order valence-corrected chi connectivity index (χ4v) is 2.29. The second-order valence-corrected chi connectivity index (χ2v) is 5.93. The molecule has 3 rings (SSSR count). The zero-order valence-electron chi connectivity index (χ0n) is 11.6. The summed E-state index contributed by atoms with van der Waals surface area (Å²) in [5, 5.41) is 4.89. The van der Waals surface area contributed by atoms with Gasteiger partial charge in [0.25, 0.3) is 0 Å². The van der Waals surface area contributed by atoms with E-state index in [1.807, 2.05) is 18.2 Å². The minimum Gasteiger partial charge on any atom is -0.465 e. The van der Waals surface area contributed by atoms with Crippen LogP contribution in [0.1, 0.15) is 10.4 Å². The Morgan fingerprint density at radius 3 is 2.32 bits per heavy atom. The molecule has 0 aliphatic carbocycles. The zero-order chi connectivity index (χ0) is 16.3. The van der Waals surface area contributed by atoms with E-state index < -0.39 is 16.0 Å². The Kier molecular flexibility index (Phi) is 4.34. The van der Waals surface area contributed by atoms with Crippen LogP contribution >= 0.6 is 0 Å². The summed E-state index contributed by atoms with van der Waals surface area (Å²) in [5.41, 5.74) is 7.99. The number of fused-ring (bicyclic) bond motifs is 2. The van der Waals surface area contributed by atoms with Gasteiger partial charge < -0.3 is 14.9 Å². The maximum Gasteiger partial charge on any atom is 0.337 e. The first-order chi connectivity index (χ1) is 10.3. The number of anilines is 1. The third-order valence-corrected chi connectivity index (χ3v) is 3.70. The van der Waals surface area contributed by atoms with Crippen molar-refractivity contribution >= 4 is 32.8 Å². The van der Waals surface area contributed by atoms with Gasteiger partial charge in [-0.1, -0.05) is 6.07 Å². The van der Waals surface area contributed by atoms with Gasteiger partial charge in [-0.3, -0.25) is 0 Å². The highest BCUT2D eigenvalue weighted by molar-refractivity contribution is 7.89. The number of primary sulfonamides is 1. The highest BCUT2D eigenvalue weighted by Gasteiger charge is 2.11. The van der Waals surface area contributed by atoms with Crippen molar-refractivity contribution in [2.24, 2.45) is 5.14 Å². The van der Waals surface area contributed by atoms with Gasteiger partial charge in [0.05, 0.1) is 23.3 Å². The van der Waals surface area contributed by atoms with Crippen LogP contribution < -0.4 is 10.9 Å². The number of rotatable bonds is 2. The van der Waals surface area contributed by atoms with E-state index in [9.17, 15) is 13.2 Å². The highest BCUT2D eigenvalue weighted by atomic mass is 32.2. The van der Waals surface area contributed by atoms with Crippen molar-refractivity contribution < 1.29 is 22.4 Å². The third kappa shape index (κ3) is 3.54. The summed E-state index contributed by atoms with van der Waals surface area (Å²) in [4.78, 5) is 10.9. The molecule has 0 saturated carbocycles. The molecule has 0 amide bonds. The van der Waals surface area contributed by atoms with Crippen LogP contribution in [0.25, 0.3) is 11.2 Å². The molecule has 0 fully saturated rings. The molecule has 0 spiro atoms. The molecule has 0 aliphatic rings. The first-order valence-electron chi connectivity index (χ1n) is 6.10. The Hall–Kier alpha value is -2.58. The van der Waals surface area contributed by atoms with Crippen LogP contribution in [0.5, 0.6) is 0 Å². The topological polar surface area (TPSA) is 126 Å². The largest absolute Gasteiger partial charge is 0.465 e. The summed E-state index contributed by atoms with van der Waals surface area (Å²) in [5.74, 6) is -0.601. The third-order valence-electron chi connectivity index (χ3n) is 2.79. The first kappa shape index (κ1) is 15.8. The molecular formula is C14H14N2O5S. The summed E-state index contributed by atoms with van der Waals surface area (Å²) in [6, 6.07) is 10.9. The lowest BCUT2D eigenvalue weighted by Gasteiger charge is -2.01. The molecule has 0 atom stereocenters. The van der Waals surface area contributed by atoms with Crippen LogP contribution in [0.15, 0.2) is 51.8 Å². The molecule has 3 aromatic rings. The van der Waals surface area contributed by atoms with Crippen LogP contribution in [0.4, 0.5) is 5.69 Å². The Labute approximate surface area is 126 Å². The summed E-state index contributed by atoms with van der Waals surface area (Å²) in [7, 11) is -2.56. The molecule has 1 aromatic carbocycles. The lowest BCUT2D eigenvalue weighted by atomic mass is 10.2. The van der Waals surface area contributed by atoms with E-state index in [0.717, 1.165) is 16.9 Å². The lowest BCUT2D eigenvalue weighted by Crippen LogP contribution is -2.13. The van der Waals surface area contributed by atoms with Crippen molar-refractivity contribution in [2.45, 2.75) is 4.90 Å². The Bertz CT molecular complexity index is 885. The van der Waals surface area contributed by atoms with Crippen LogP contribution in [-0.2, 0) is 14.8 Å². The Morgan fingerprint density at radius 1 is 1.18 bits per heavy atom. The number of furan rings is 2. The number of hydrogen-bond donors (Lipinski definition) is 2. The highest BCUT2D eigenvalue weighted by Crippen LogP contribution is 2.22. The van der Waals surface area contributed by atoms with Crippen LogP contribution in [-0.4, -0.2) is 21.5 Å². The number of benzene rings is 2. The molecule has 4 N–H and O–H groups in total. The molecule has 22 heavy (non-hydrogen) atoms. The van der Waals surface area contributed by atoms with E-state index >= 15 is 0 Å². The summed E-state index contributed by atoms with van der Waals surface area (Å²) in [6.07, 6.45) is 0. The Morgan fingerprint density at radius 2 is 1.91 bits per heavy atom. The van der Waals surface area contributed by atoms with E-state index in [0.29, 0.717) is 0 Å². The first-order valence-corrected chi connectivity index (χ1v) is 7.64. The molecule has 2 aromatic heterocycles. The normalized spacial score (nSPS) is 11.0. The number of ether oxygens (including phenoxy) is 1. The van der Waals surface area contributed by atoms with Crippen LogP contribution in [0.3, 0.4) is 0 Å². The van der Waals surface area contributed by atoms with Crippen LogP contribution in [0, 0.1) is 0 Å². The fourth-order valence-electron chi connectivity index (χ4n) is 1.73. The molecule has 2 bridgehead atoms. The van der Waals surface area contributed by atoms with Crippen LogP contribution in [0.2, 0.25) is 0 Å². The number of carbonyl (C=O) groups is 1. The van der Waals surface area contributed by atoms with Gasteiger partial charge in [-0.2, -0.15) is 0 Å². The quantitative estimate of drug-likeness (QED) is 0.545. The smallest absolute Gasteiger partial charge is 0.337 e. The van der Waals surface area contributed by atoms with Gasteiger partial charge in [0.15, 0.2) is 5.58 Å². The number of methoxy groups -OCH3 is 1. The molecule has 0 unspecified atom stereocenters. The molecule has 116 valence electrons. The van der Waals surface area contributed by atoms with Crippen molar-refractivity contribution in [2.75, 3.05) is 12.8 Å². The van der Waals surface area contributed by atoms with Crippen molar-refractivity contribution in [1.82, 2.24) is 0 Å². The van der Waals surface area contributed by atoms with E-state index in [1.165, 1.54) is 31.4 Å². The lowest BCUT2D eigenvalue weighted by molar-refractivity contribution is 0.0600. The molecule has 8 heteroatoms. The second kappa shape index (κ2) is 6.04. The maximum atomic E-state index is 11.0. The van der Waals surface area contributed by atoms with Crippen molar-refractivity contribution in [3.05, 3.63) is 48.0 Å². The molecule has 0 saturated heterocycles. The molecular weight excluding hydrogens is 308 g/mol. The van der Waals surface area contributed by atoms with E-state index in [2.05, 4.69) is 4.74 Å². The monoisotopic (exact) mass is 322 g/mol. The summed E-state index contributed by atoms with van der Waals surface area (Å²) in [6.45, 7) is 0. The van der Waals surface area contributed by atoms with Gasteiger partial charge >= 0.3 is 5.97 Å². The number of hydrogen-bond acceptors (Lipinski definition) is 6. The van der Waals surface area contributed by atoms with Gasteiger partial charge in [-0.05, 0) is 30.3 Å². The zero-order valence-corrected chi connectivity index (χ0v) is 12.5. The molecule has 0 radical (unpaired) electrons. The van der Waals surface area contributed by atoms with Crippen molar-refractivity contribution in [3.8, 4) is 0 Å². The van der Waals surface area contributed by atoms with Gasteiger partial charge in [-0.15, -0.1) is 0 Å². The molecule has 7 nitrogen and oxygen atoms in total. The summed E-state index contributed by atoms with van der Waals surface area (Å²) < 4.78 is 31.4. The fraction of sp³-hybridized carbons (Fsp3) is 0.0714. The number of sulfonamides is 1. The minimum atomic E-state index is -3.77. The number of nitrogens with two attached hydrogens (primary N) is 2. The number of esters is 1. The van der Waals surface area contributed by atoms with Crippen molar-refractivity contribution in [1.29, 1.82) is 0 Å². The number of nitrogen functional groups attached to an aromatic ring is 1. The van der Waals surface area contributed by atoms with Gasteiger partial charge in [0.2, 0.25) is 10.0 Å². The van der Waals surface area contributed by atoms with E-state index in [-0.39, 0.29) is 10.5 Å². The average Bonchev–Trinajstić information content (AvgIpc) is 3.08. The second-order valence-electron chi connectivity index (χ2n) is 4.37. The predicted molar refractivity (Wildman–Crippen MR) is 81.0 cm³/mol. The maximum absolute atomic E-state index is 11.0. The van der Waals surface area contributed by atoms with Gasteiger partial charge in [-0.25, -0.2) is 18.4 Å². The van der Waals surface area contributed by atoms with E-state index in [1.54, 1.807) is 0 Å². The predicted octanol–water partition coefficient (Wildman–Crippen LogP) is 1.57. The number of carbonyl (C=O) groups excluding carboxylic acids is 1. The molecule has 0 aliphatic heterocycles. The standard InChI is InChI=1S/C8H9NO4S.C6H5NO/c1-13-8(10)6-3-2-4-7(5-6)14(9,11)12;7-5-3-4-1-2-6(5)8-4/h2-5H,1H3,(H2,9,11,12);1-3H,7H2. The summed E-state index contributed by atoms with van der Waals surface area (Å²) >= 11 is 0. The minimum absolute atomic E-state index is 0.111. The average molecular weight is 322 g/mol.